The zero-order valence-corrected chi connectivity index (χ0v) is 19.0. The number of alkyl carbamates (subject to hydrolysis) is 1. The van der Waals surface area contributed by atoms with Crippen molar-refractivity contribution in [3.05, 3.63) is 71.8 Å². The number of nitrogens with one attached hydrogen (secondary N) is 2. The van der Waals surface area contributed by atoms with Crippen LogP contribution in [0.4, 0.5) is 4.79 Å². The number of ether oxygens (including phenoxy) is 1. The van der Waals surface area contributed by atoms with E-state index in [-0.39, 0.29) is 37.3 Å². The summed E-state index contributed by atoms with van der Waals surface area (Å²) in [5.41, 5.74) is 4.45. The van der Waals surface area contributed by atoms with E-state index in [2.05, 4.69) is 34.9 Å². The van der Waals surface area contributed by atoms with Crippen molar-refractivity contribution in [2.45, 2.75) is 56.5 Å². The molecule has 7 nitrogen and oxygen atoms in total. The molecule has 7 heteroatoms. The first kappa shape index (κ1) is 23.5. The Bertz CT molecular complexity index is 1020. The summed E-state index contributed by atoms with van der Waals surface area (Å²) in [6.07, 6.45) is 6.64. The lowest BCUT2D eigenvalue weighted by Gasteiger charge is -2.22. The summed E-state index contributed by atoms with van der Waals surface area (Å²) < 4.78 is 5.55. The third-order valence-corrected chi connectivity index (χ3v) is 6.48. The topological polar surface area (TPSA) is 105 Å². The number of carbonyl (C=O) groups is 3. The minimum absolute atomic E-state index is 0.000796. The summed E-state index contributed by atoms with van der Waals surface area (Å²) >= 11 is 0. The van der Waals surface area contributed by atoms with Crippen LogP contribution in [0.2, 0.25) is 0 Å². The maximum atomic E-state index is 12.9. The third kappa shape index (κ3) is 5.65. The molecule has 34 heavy (non-hydrogen) atoms. The number of carbonyl (C=O) groups excluding carboxylic acids is 2. The van der Waals surface area contributed by atoms with Crippen LogP contribution < -0.4 is 10.6 Å². The number of amides is 2. The van der Waals surface area contributed by atoms with Gasteiger partial charge in [0.1, 0.15) is 12.6 Å². The van der Waals surface area contributed by atoms with E-state index in [1.807, 2.05) is 36.4 Å². The second-order valence-corrected chi connectivity index (χ2v) is 8.79. The lowest BCUT2D eigenvalue weighted by molar-refractivity contribution is -0.137. The van der Waals surface area contributed by atoms with Gasteiger partial charge in [0.15, 0.2) is 0 Å². The quantitative estimate of drug-likeness (QED) is 0.505. The maximum absolute atomic E-state index is 12.9. The van der Waals surface area contributed by atoms with Crippen molar-refractivity contribution in [1.29, 1.82) is 0 Å². The first-order valence-corrected chi connectivity index (χ1v) is 11.8. The van der Waals surface area contributed by atoms with Crippen molar-refractivity contribution >= 4 is 18.0 Å². The first-order chi connectivity index (χ1) is 16.5. The second kappa shape index (κ2) is 11.0. The Morgan fingerprint density at radius 1 is 0.941 bits per heavy atom. The average molecular weight is 463 g/mol. The van der Waals surface area contributed by atoms with Crippen LogP contribution in [-0.4, -0.2) is 41.8 Å². The Morgan fingerprint density at radius 3 is 2.12 bits per heavy atom. The molecule has 178 valence electrons. The predicted molar refractivity (Wildman–Crippen MR) is 128 cm³/mol. The summed E-state index contributed by atoms with van der Waals surface area (Å²) in [7, 11) is 0. The van der Waals surface area contributed by atoms with Gasteiger partial charge in [0.2, 0.25) is 5.91 Å². The molecule has 1 unspecified atom stereocenters. The molecule has 0 fully saturated rings. The molecule has 0 aromatic heterocycles. The highest BCUT2D eigenvalue weighted by Gasteiger charge is 2.30. The largest absolute Gasteiger partial charge is 0.481 e. The summed E-state index contributed by atoms with van der Waals surface area (Å²) in [6.45, 7) is 0.126. The Hall–Kier alpha value is -3.61. The summed E-state index contributed by atoms with van der Waals surface area (Å²) in [5.74, 6) is -1.49. The van der Waals surface area contributed by atoms with Crippen molar-refractivity contribution in [1.82, 2.24) is 10.6 Å². The Morgan fingerprint density at radius 2 is 1.53 bits per heavy atom. The van der Waals surface area contributed by atoms with Crippen LogP contribution in [-0.2, 0) is 14.3 Å². The van der Waals surface area contributed by atoms with E-state index in [0.29, 0.717) is 0 Å². The van der Waals surface area contributed by atoms with Crippen LogP contribution in [0, 0.1) is 0 Å². The second-order valence-electron chi connectivity index (χ2n) is 8.79. The summed E-state index contributed by atoms with van der Waals surface area (Å²) in [6, 6.07) is 15.1. The predicted octanol–water partition coefficient (Wildman–Crippen LogP) is 4.37. The van der Waals surface area contributed by atoms with Gasteiger partial charge in [-0.05, 0) is 54.4 Å². The van der Waals surface area contributed by atoms with Gasteiger partial charge in [-0.25, -0.2) is 4.79 Å². The maximum Gasteiger partial charge on any atom is 0.407 e. The Labute approximate surface area is 199 Å². The number of hydrogen-bond acceptors (Lipinski definition) is 4. The van der Waals surface area contributed by atoms with Crippen molar-refractivity contribution in [3.8, 4) is 11.1 Å². The summed E-state index contributed by atoms with van der Waals surface area (Å²) in [5, 5.41) is 14.7. The Kier molecular flexibility index (Phi) is 7.62. The van der Waals surface area contributed by atoms with Crippen LogP contribution in [0.25, 0.3) is 11.1 Å². The molecule has 0 radical (unpaired) electrons. The zero-order chi connectivity index (χ0) is 23.9. The fourth-order valence-electron chi connectivity index (χ4n) is 4.74. The fraction of sp³-hybridized carbons (Fsp3) is 0.370. The molecular weight excluding hydrogens is 432 g/mol. The van der Waals surface area contributed by atoms with Crippen molar-refractivity contribution in [3.63, 3.8) is 0 Å². The molecule has 0 aliphatic heterocycles. The van der Waals surface area contributed by atoms with Gasteiger partial charge < -0.3 is 20.5 Å². The molecule has 2 aliphatic rings. The van der Waals surface area contributed by atoms with Crippen LogP contribution >= 0.6 is 0 Å². The van der Waals surface area contributed by atoms with E-state index in [9.17, 15) is 14.4 Å². The molecule has 2 aliphatic carbocycles. The average Bonchev–Trinajstić information content (AvgIpc) is 2.95. The van der Waals surface area contributed by atoms with Crippen LogP contribution in [0.15, 0.2) is 60.7 Å². The number of fused-ring (bicyclic) bond motifs is 3. The number of rotatable bonds is 8. The molecule has 0 spiro atoms. The van der Waals surface area contributed by atoms with Crippen molar-refractivity contribution in [2.75, 3.05) is 6.61 Å². The minimum Gasteiger partial charge on any atom is -0.481 e. The molecule has 3 N–H and O–H groups in total. The molecule has 2 aromatic carbocycles. The van der Waals surface area contributed by atoms with Crippen molar-refractivity contribution in [2.24, 2.45) is 0 Å². The number of allylic oxidation sites excluding steroid dienone is 2. The standard InChI is InChI=1S/C27H30N2O5/c30-25(31)16-15-24(26(32)28-18-9-3-1-2-4-10-18)29-27(33)34-17-23-21-13-7-5-11-19(21)20-12-6-8-14-22(20)23/h1-2,5-8,11-14,18,23-24H,3-4,9-10,15-17H2,(H,28,32)(H,29,33)(H,30,31). The number of aliphatic carboxylic acids is 1. The molecule has 1 atom stereocenters. The highest BCUT2D eigenvalue weighted by Crippen LogP contribution is 2.44. The molecule has 2 amide bonds. The highest BCUT2D eigenvalue weighted by molar-refractivity contribution is 5.86. The third-order valence-electron chi connectivity index (χ3n) is 6.48. The van der Waals surface area contributed by atoms with E-state index >= 15 is 0 Å². The SMILES string of the molecule is O=C(O)CCC(NC(=O)OCC1c2ccccc2-c2ccccc21)C(=O)NC1CCC=CCC1. The van der Waals surface area contributed by atoms with Gasteiger partial charge in [-0.2, -0.15) is 0 Å². The van der Waals surface area contributed by atoms with Gasteiger partial charge in [-0.1, -0.05) is 60.7 Å². The highest BCUT2D eigenvalue weighted by atomic mass is 16.5. The van der Waals surface area contributed by atoms with Crippen LogP contribution in [0.1, 0.15) is 55.6 Å². The van der Waals surface area contributed by atoms with E-state index < -0.39 is 18.1 Å². The molecule has 2 aromatic rings. The van der Waals surface area contributed by atoms with Gasteiger partial charge in [0.05, 0.1) is 0 Å². The smallest absolute Gasteiger partial charge is 0.407 e. The molecule has 4 rings (SSSR count). The number of benzene rings is 2. The molecule has 0 saturated carbocycles. The van der Waals surface area contributed by atoms with Gasteiger partial charge >= 0.3 is 12.1 Å². The van der Waals surface area contributed by atoms with E-state index in [4.69, 9.17) is 9.84 Å². The molecule has 0 heterocycles. The zero-order valence-electron chi connectivity index (χ0n) is 19.0. The van der Waals surface area contributed by atoms with Gasteiger partial charge in [0, 0.05) is 18.4 Å². The van der Waals surface area contributed by atoms with Gasteiger partial charge in [0.25, 0.3) is 0 Å². The van der Waals surface area contributed by atoms with Crippen LogP contribution in [0.3, 0.4) is 0 Å². The first-order valence-electron chi connectivity index (χ1n) is 11.8. The van der Waals surface area contributed by atoms with Gasteiger partial charge in [-0.15, -0.1) is 0 Å². The van der Waals surface area contributed by atoms with E-state index in [1.165, 1.54) is 0 Å². The normalized spacial score (nSPS) is 16.1. The Balaban J connectivity index is 1.39. The lowest BCUT2D eigenvalue weighted by atomic mass is 9.98. The molecule has 0 bridgehead atoms. The monoisotopic (exact) mass is 462 g/mol. The molecular formula is C27H30N2O5. The lowest BCUT2D eigenvalue weighted by Crippen LogP contribution is -2.50. The van der Waals surface area contributed by atoms with E-state index in [0.717, 1.165) is 47.9 Å². The summed E-state index contributed by atoms with van der Waals surface area (Å²) in [4.78, 5) is 36.6. The van der Waals surface area contributed by atoms with Crippen molar-refractivity contribution < 1.29 is 24.2 Å². The molecule has 0 saturated heterocycles. The fourth-order valence-corrected chi connectivity index (χ4v) is 4.74. The number of hydrogen-bond donors (Lipinski definition) is 3. The van der Waals surface area contributed by atoms with Crippen LogP contribution in [0.5, 0.6) is 0 Å². The minimum atomic E-state index is -1.02. The van der Waals surface area contributed by atoms with E-state index in [1.54, 1.807) is 0 Å². The van der Waals surface area contributed by atoms with Gasteiger partial charge in [-0.3, -0.25) is 9.59 Å². The number of carboxylic acid groups (broad SMARTS) is 1. The number of carboxylic acids is 1.